The van der Waals surface area contributed by atoms with Crippen LogP contribution in [-0.2, 0) is 42.1 Å². The molecule has 1 atom stereocenters. The number of allylic oxidation sites excluding steroid dienone is 4. The maximum atomic E-state index is 12.4. The van der Waals surface area contributed by atoms with E-state index < -0.39 is 35.7 Å². The minimum absolute atomic E-state index is 0.147. The maximum absolute atomic E-state index is 12.4. The molecule has 0 aromatic heterocycles. The van der Waals surface area contributed by atoms with Crippen molar-refractivity contribution in [3.63, 3.8) is 0 Å². The predicted molar refractivity (Wildman–Crippen MR) is 104 cm³/mol. The molecule has 0 bridgehead atoms. The first-order valence-corrected chi connectivity index (χ1v) is 13.8. The van der Waals surface area contributed by atoms with E-state index >= 15 is 0 Å². The van der Waals surface area contributed by atoms with Crippen molar-refractivity contribution in [1.82, 2.24) is 0 Å². The van der Waals surface area contributed by atoms with Crippen molar-refractivity contribution in [3.05, 3.63) is 22.3 Å². The van der Waals surface area contributed by atoms with E-state index in [9.17, 15) is 14.4 Å². The zero-order valence-electron chi connectivity index (χ0n) is 17.8. The van der Waals surface area contributed by atoms with Gasteiger partial charge in [0, 0.05) is 0 Å². The molecule has 0 aromatic rings. The summed E-state index contributed by atoms with van der Waals surface area (Å²) in [5.41, 5.74) is 5.52. The van der Waals surface area contributed by atoms with Crippen molar-refractivity contribution in [2.24, 2.45) is 0 Å². The normalized spacial score (nSPS) is 21.4. The van der Waals surface area contributed by atoms with Crippen molar-refractivity contribution in [3.8, 4) is 0 Å². The molecule has 1 unspecified atom stereocenters. The number of rotatable bonds is 7. The van der Waals surface area contributed by atoms with E-state index in [0.717, 1.165) is 38.5 Å². The minimum atomic E-state index is -4.60. The van der Waals surface area contributed by atoms with Crippen molar-refractivity contribution < 1.29 is 42.1 Å². The topological polar surface area (TPSA) is 78.9 Å². The molecular weight excluding hydrogens is 408 g/mol. The van der Waals surface area contributed by atoms with Gasteiger partial charge in [-0.2, -0.15) is 0 Å². The molecule has 0 fully saturated rings. The average molecular weight is 440 g/mol. The molecule has 3 aliphatic carbocycles. The summed E-state index contributed by atoms with van der Waals surface area (Å²) in [6.45, 7) is 5.08. The molecule has 0 spiro atoms. The third-order valence-corrected chi connectivity index (χ3v) is 10.9. The van der Waals surface area contributed by atoms with Crippen LogP contribution in [0.1, 0.15) is 91.4 Å². The van der Waals surface area contributed by atoms with E-state index in [1.54, 1.807) is 20.8 Å². The second-order valence-corrected chi connectivity index (χ2v) is 11.9. The van der Waals surface area contributed by atoms with Gasteiger partial charge in [-0.15, -0.1) is 0 Å². The summed E-state index contributed by atoms with van der Waals surface area (Å²) in [7, 11) is 0. The Morgan fingerprint density at radius 1 is 0.793 bits per heavy atom. The van der Waals surface area contributed by atoms with Crippen LogP contribution in [0, 0.1) is 0 Å². The standard InChI is InChI=1S/C13H17.3C3H6O2.Ti/c1-3-7-12-10(5-1)9-11-6-2-4-8-13(11)12;3*1-2-3(4)5;/h5H,1-4,6-9H2;3*2H2,1H3,(H,4,5);/q;;;;+3/p-3. The summed E-state index contributed by atoms with van der Waals surface area (Å²) < 4.78 is 17.3. The van der Waals surface area contributed by atoms with Crippen LogP contribution >= 0.6 is 0 Å². The van der Waals surface area contributed by atoms with E-state index in [0.29, 0.717) is 0 Å². The first-order chi connectivity index (χ1) is 13.9. The molecule has 0 radical (unpaired) electrons. The van der Waals surface area contributed by atoms with Gasteiger partial charge in [0.2, 0.25) is 0 Å². The number of carbonyl (C=O) groups is 3. The molecule has 0 aliphatic heterocycles. The van der Waals surface area contributed by atoms with E-state index in [1.165, 1.54) is 35.1 Å². The second kappa shape index (κ2) is 9.61. The van der Waals surface area contributed by atoms with Gasteiger partial charge in [0.15, 0.2) is 0 Å². The molecule has 3 rings (SSSR count). The summed E-state index contributed by atoms with van der Waals surface area (Å²) in [5, 5.41) is 0. The molecule has 3 aliphatic rings. The number of fused-ring (bicyclic) bond motifs is 1. The van der Waals surface area contributed by atoms with E-state index in [-0.39, 0.29) is 23.5 Å². The first kappa shape index (κ1) is 22.3. The molecule has 0 aromatic carbocycles. The van der Waals surface area contributed by atoms with Crippen LogP contribution in [0.25, 0.3) is 0 Å². The third kappa shape index (κ3) is 4.69. The molecule has 160 valence electrons. The molecule has 6 nitrogen and oxygen atoms in total. The Hall–Kier alpha value is -1.40. The molecule has 29 heavy (non-hydrogen) atoms. The summed E-state index contributed by atoms with van der Waals surface area (Å²) in [4.78, 5) is 37.1. The third-order valence-electron chi connectivity index (χ3n) is 6.14. The van der Waals surface area contributed by atoms with Crippen LogP contribution in [0.3, 0.4) is 0 Å². The van der Waals surface area contributed by atoms with Crippen LogP contribution in [-0.4, -0.2) is 17.9 Å². The molecule has 0 saturated heterocycles. The Balaban J connectivity index is 2.03. The van der Waals surface area contributed by atoms with Gasteiger partial charge in [0.1, 0.15) is 0 Å². The van der Waals surface area contributed by atoms with E-state index in [1.807, 2.05) is 0 Å². The SMILES string of the molecule is CCC(=O)[O][Ti]([O]C(=O)CC)([O]C(=O)CC)[CH]1CCCC2=C1CC1=C2CCCC1. The Bertz CT molecular complexity index is 705. The van der Waals surface area contributed by atoms with Gasteiger partial charge < -0.3 is 0 Å². The van der Waals surface area contributed by atoms with Gasteiger partial charge in [0.25, 0.3) is 0 Å². The number of hydrogen-bond acceptors (Lipinski definition) is 6. The van der Waals surface area contributed by atoms with Gasteiger partial charge >= 0.3 is 178 Å². The molecule has 7 heteroatoms. The zero-order chi connectivity index (χ0) is 21.0. The van der Waals surface area contributed by atoms with Gasteiger partial charge in [-0.3, -0.25) is 0 Å². The number of carbonyl (C=O) groups excluding carboxylic acids is 3. The van der Waals surface area contributed by atoms with Crippen molar-refractivity contribution in [2.45, 2.75) is 95.6 Å². The van der Waals surface area contributed by atoms with Gasteiger partial charge in [-0.25, -0.2) is 0 Å². The molecule has 0 saturated carbocycles. The summed E-state index contributed by atoms with van der Waals surface area (Å²) >= 11 is -4.60. The summed E-state index contributed by atoms with van der Waals surface area (Å²) in [5.74, 6) is -1.41. The molecule has 0 amide bonds. The quantitative estimate of drug-likeness (QED) is 0.501. The van der Waals surface area contributed by atoms with Crippen molar-refractivity contribution in [1.29, 1.82) is 0 Å². The average Bonchev–Trinajstić information content (AvgIpc) is 3.11. The van der Waals surface area contributed by atoms with Crippen LogP contribution in [0.4, 0.5) is 0 Å². The van der Waals surface area contributed by atoms with Gasteiger partial charge in [0.05, 0.1) is 0 Å². The van der Waals surface area contributed by atoms with Crippen LogP contribution in [0.15, 0.2) is 22.3 Å². The van der Waals surface area contributed by atoms with Gasteiger partial charge in [-0.05, 0) is 0 Å². The van der Waals surface area contributed by atoms with Crippen LogP contribution < -0.4 is 0 Å². The molecular formula is C22H32O6Ti. The number of hydrogen-bond donors (Lipinski definition) is 0. The second-order valence-electron chi connectivity index (χ2n) is 8.00. The van der Waals surface area contributed by atoms with E-state index in [4.69, 9.17) is 9.96 Å². The Morgan fingerprint density at radius 3 is 1.86 bits per heavy atom. The van der Waals surface area contributed by atoms with Gasteiger partial charge in [-0.1, -0.05) is 0 Å². The Morgan fingerprint density at radius 2 is 1.31 bits per heavy atom. The Labute approximate surface area is 177 Å². The van der Waals surface area contributed by atoms with Crippen LogP contribution in [0.2, 0.25) is 4.22 Å². The fraction of sp³-hybridized carbons (Fsp3) is 0.682. The molecule has 0 N–H and O–H groups in total. The molecule has 0 heterocycles. The fourth-order valence-electron chi connectivity index (χ4n) is 4.72. The summed E-state index contributed by atoms with van der Waals surface area (Å²) in [6.07, 6.45) is 8.55. The fourth-order valence-corrected chi connectivity index (χ4v) is 9.71. The Kier molecular flexibility index (Phi) is 7.39. The van der Waals surface area contributed by atoms with Crippen molar-refractivity contribution in [2.75, 3.05) is 0 Å². The van der Waals surface area contributed by atoms with E-state index in [2.05, 4.69) is 0 Å². The summed E-state index contributed by atoms with van der Waals surface area (Å²) in [6, 6.07) is 0. The zero-order valence-corrected chi connectivity index (χ0v) is 19.4. The first-order valence-electron chi connectivity index (χ1n) is 11.0. The predicted octanol–water partition coefficient (Wildman–Crippen LogP) is 5.29. The monoisotopic (exact) mass is 440 g/mol. The van der Waals surface area contributed by atoms with Crippen LogP contribution in [0.5, 0.6) is 0 Å². The van der Waals surface area contributed by atoms with Crippen molar-refractivity contribution >= 4 is 17.9 Å².